The van der Waals surface area contributed by atoms with Gasteiger partial charge in [0, 0.05) is 11.4 Å². The van der Waals surface area contributed by atoms with Gasteiger partial charge in [0.1, 0.15) is 0 Å². The van der Waals surface area contributed by atoms with Gasteiger partial charge in [-0.1, -0.05) is 19.3 Å². The van der Waals surface area contributed by atoms with Crippen molar-refractivity contribution >= 4 is 17.1 Å². The van der Waals surface area contributed by atoms with Crippen molar-refractivity contribution in [2.24, 2.45) is 5.92 Å². The average Bonchev–Trinajstić information content (AvgIpc) is 2.87. The molecule has 2 nitrogen and oxygen atoms in total. The maximum atomic E-state index is 12.3. The fourth-order valence-corrected chi connectivity index (χ4v) is 3.46. The lowest BCUT2D eigenvalue weighted by Gasteiger charge is -2.21. The van der Waals surface area contributed by atoms with Gasteiger partial charge < -0.3 is 5.32 Å². The van der Waals surface area contributed by atoms with Gasteiger partial charge in [-0.2, -0.15) is 13.2 Å². The zero-order chi connectivity index (χ0) is 14.6. The zero-order valence-electron chi connectivity index (χ0n) is 11.1. The Morgan fingerprint density at radius 1 is 1.25 bits per heavy atom. The van der Waals surface area contributed by atoms with Crippen LogP contribution in [0.3, 0.4) is 0 Å². The molecule has 1 aromatic rings. The van der Waals surface area contributed by atoms with Crippen LogP contribution in [0.1, 0.15) is 46.7 Å². The molecule has 1 heterocycles. The quantitative estimate of drug-likeness (QED) is 0.828. The summed E-state index contributed by atoms with van der Waals surface area (Å²) in [5.41, 5.74) is 0. The summed E-state index contributed by atoms with van der Waals surface area (Å²) < 4.78 is 36.8. The molecule has 6 heteroatoms. The van der Waals surface area contributed by atoms with Crippen LogP contribution in [0.25, 0.3) is 0 Å². The van der Waals surface area contributed by atoms with E-state index in [1.54, 1.807) is 6.07 Å². The number of carbonyl (C=O) groups is 1. The molecule has 0 aromatic carbocycles. The predicted molar refractivity (Wildman–Crippen MR) is 73.0 cm³/mol. The van der Waals surface area contributed by atoms with E-state index in [-0.39, 0.29) is 4.88 Å². The molecule has 1 saturated carbocycles. The molecule has 1 aliphatic carbocycles. The number of halogens is 3. The lowest BCUT2D eigenvalue weighted by Crippen LogP contribution is -2.23. The van der Waals surface area contributed by atoms with Crippen molar-refractivity contribution in [3.8, 4) is 0 Å². The van der Waals surface area contributed by atoms with Crippen LogP contribution in [0.2, 0.25) is 0 Å². The Labute approximate surface area is 120 Å². The number of hydrogen-bond donors (Lipinski definition) is 1. The minimum atomic E-state index is -4.78. The molecule has 2 rings (SSSR count). The highest BCUT2D eigenvalue weighted by Gasteiger charge is 2.40. The minimum absolute atomic E-state index is 0.230. The van der Waals surface area contributed by atoms with Crippen LogP contribution in [-0.4, -0.2) is 18.5 Å². The zero-order valence-corrected chi connectivity index (χ0v) is 11.9. The molecule has 1 aliphatic rings. The molecular weight excluding hydrogens is 287 g/mol. The number of nitrogens with one attached hydrogen (secondary N) is 1. The number of rotatable bonds is 5. The number of ketones is 1. The van der Waals surface area contributed by atoms with Gasteiger partial charge in [0.2, 0.25) is 0 Å². The van der Waals surface area contributed by atoms with E-state index in [2.05, 4.69) is 5.32 Å². The highest BCUT2D eigenvalue weighted by Crippen LogP contribution is 2.27. The number of thiophene rings is 1. The Bertz CT molecular complexity index is 450. The lowest BCUT2D eigenvalue weighted by atomic mass is 9.89. The second kappa shape index (κ2) is 6.72. The second-order valence-corrected chi connectivity index (χ2v) is 6.40. The van der Waals surface area contributed by atoms with E-state index >= 15 is 0 Å². The standard InChI is InChI=1S/C14H18F3NOS/c15-14(16,17)13(19)12-7-6-11(20-12)9-18-8-10-4-2-1-3-5-10/h6-7,10,18H,1-5,8-9H2. The summed E-state index contributed by atoms with van der Waals surface area (Å²) in [6, 6.07) is 2.86. The molecule has 20 heavy (non-hydrogen) atoms. The van der Waals surface area contributed by atoms with Crippen molar-refractivity contribution in [2.45, 2.75) is 44.8 Å². The van der Waals surface area contributed by atoms with Crippen molar-refractivity contribution in [1.29, 1.82) is 0 Å². The molecule has 0 radical (unpaired) electrons. The molecule has 0 unspecified atom stereocenters. The molecule has 1 fully saturated rings. The van der Waals surface area contributed by atoms with Crippen molar-refractivity contribution in [3.63, 3.8) is 0 Å². The first-order valence-corrected chi connectivity index (χ1v) is 7.69. The largest absolute Gasteiger partial charge is 0.455 e. The summed E-state index contributed by atoms with van der Waals surface area (Å²) in [6.07, 6.45) is 1.54. The summed E-state index contributed by atoms with van der Waals surface area (Å²) in [5, 5.41) is 3.28. The topological polar surface area (TPSA) is 29.1 Å². The SMILES string of the molecule is O=C(c1ccc(CNCC2CCCCC2)s1)C(F)(F)F. The number of hydrogen-bond acceptors (Lipinski definition) is 3. The monoisotopic (exact) mass is 305 g/mol. The number of alkyl halides is 3. The molecule has 1 aromatic heterocycles. The Morgan fingerprint density at radius 3 is 2.60 bits per heavy atom. The lowest BCUT2D eigenvalue weighted by molar-refractivity contribution is -0.0882. The molecule has 0 atom stereocenters. The van der Waals surface area contributed by atoms with Gasteiger partial charge in [-0.05, 0) is 37.4 Å². The van der Waals surface area contributed by atoms with Gasteiger partial charge in [-0.15, -0.1) is 11.3 Å². The van der Waals surface area contributed by atoms with Crippen molar-refractivity contribution < 1.29 is 18.0 Å². The van der Waals surface area contributed by atoms with Crippen LogP contribution in [0.15, 0.2) is 12.1 Å². The minimum Gasteiger partial charge on any atom is -0.312 e. The Morgan fingerprint density at radius 2 is 1.95 bits per heavy atom. The van der Waals surface area contributed by atoms with E-state index in [9.17, 15) is 18.0 Å². The summed E-state index contributed by atoms with van der Waals surface area (Å²) in [6.45, 7) is 1.44. The fraction of sp³-hybridized carbons (Fsp3) is 0.643. The predicted octanol–water partition coefficient (Wildman–Crippen LogP) is 4.16. The highest BCUT2D eigenvalue weighted by molar-refractivity contribution is 7.14. The third kappa shape index (κ3) is 4.31. The number of Topliss-reactive ketones (excluding diaryl/α,β-unsaturated/α-hetero) is 1. The van der Waals surface area contributed by atoms with Gasteiger partial charge in [0.15, 0.2) is 0 Å². The van der Waals surface area contributed by atoms with E-state index in [0.717, 1.165) is 22.8 Å². The van der Waals surface area contributed by atoms with E-state index in [1.807, 2.05) is 0 Å². The first-order chi connectivity index (χ1) is 9.47. The summed E-state index contributed by atoms with van der Waals surface area (Å²) in [4.78, 5) is 11.6. The molecule has 1 N–H and O–H groups in total. The van der Waals surface area contributed by atoms with Crippen LogP contribution in [-0.2, 0) is 6.54 Å². The molecule has 0 bridgehead atoms. The van der Waals surface area contributed by atoms with E-state index in [1.165, 1.54) is 38.2 Å². The van der Waals surface area contributed by atoms with Crippen molar-refractivity contribution in [3.05, 3.63) is 21.9 Å². The molecular formula is C14H18F3NOS. The third-order valence-electron chi connectivity index (χ3n) is 3.60. The van der Waals surface area contributed by atoms with Crippen LogP contribution >= 0.6 is 11.3 Å². The van der Waals surface area contributed by atoms with Crippen molar-refractivity contribution in [1.82, 2.24) is 5.32 Å². The van der Waals surface area contributed by atoms with Crippen LogP contribution in [0.4, 0.5) is 13.2 Å². The smallest absolute Gasteiger partial charge is 0.312 e. The van der Waals surface area contributed by atoms with E-state index in [0.29, 0.717) is 12.5 Å². The molecule has 0 saturated heterocycles. The summed E-state index contributed by atoms with van der Waals surface area (Å²) in [5.74, 6) is -1.07. The van der Waals surface area contributed by atoms with Crippen LogP contribution in [0, 0.1) is 5.92 Å². The summed E-state index contributed by atoms with van der Waals surface area (Å²) in [7, 11) is 0. The van der Waals surface area contributed by atoms with Gasteiger partial charge in [0.05, 0.1) is 4.88 Å². The molecule has 0 spiro atoms. The first kappa shape index (κ1) is 15.5. The molecule has 112 valence electrons. The van der Waals surface area contributed by atoms with Gasteiger partial charge >= 0.3 is 6.18 Å². The van der Waals surface area contributed by atoms with Gasteiger partial charge in [-0.3, -0.25) is 4.79 Å². The van der Waals surface area contributed by atoms with Crippen LogP contribution in [0.5, 0.6) is 0 Å². The van der Waals surface area contributed by atoms with Gasteiger partial charge in [-0.25, -0.2) is 0 Å². The first-order valence-electron chi connectivity index (χ1n) is 6.88. The summed E-state index contributed by atoms with van der Waals surface area (Å²) >= 11 is 0.922. The Balaban J connectivity index is 1.79. The maximum absolute atomic E-state index is 12.3. The molecule has 0 aliphatic heterocycles. The van der Waals surface area contributed by atoms with Crippen LogP contribution < -0.4 is 5.32 Å². The fourth-order valence-electron chi connectivity index (χ4n) is 2.53. The molecule has 0 amide bonds. The average molecular weight is 305 g/mol. The van der Waals surface area contributed by atoms with Crippen molar-refractivity contribution in [2.75, 3.05) is 6.54 Å². The second-order valence-electron chi connectivity index (χ2n) is 5.23. The highest BCUT2D eigenvalue weighted by atomic mass is 32.1. The maximum Gasteiger partial charge on any atom is 0.455 e. The van der Waals surface area contributed by atoms with E-state index < -0.39 is 12.0 Å². The normalized spacial score (nSPS) is 17.4. The Kier molecular flexibility index (Phi) is 5.21. The Hall–Kier alpha value is -0.880. The number of carbonyl (C=O) groups excluding carboxylic acids is 1. The third-order valence-corrected chi connectivity index (χ3v) is 4.68. The van der Waals surface area contributed by atoms with E-state index in [4.69, 9.17) is 0 Å². The van der Waals surface area contributed by atoms with Gasteiger partial charge in [0.25, 0.3) is 5.78 Å².